The third-order valence-corrected chi connectivity index (χ3v) is 0.876. The maximum Gasteiger partial charge on any atom is 0.122 e. The lowest BCUT2D eigenvalue weighted by atomic mass is 10.2. The maximum atomic E-state index is 9.74. The van der Waals surface area contributed by atoms with Crippen molar-refractivity contribution >= 4 is 6.29 Å². The summed E-state index contributed by atoms with van der Waals surface area (Å²) in [7, 11) is 0. The molecule has 0 aromatic heterocycles. The Bertz CT molecular complexity index is 64.4. The molecule has 62 valence electrons. The lowest BCUT2D eigenvalue weighted by molar-refractivity contribution is -0.110. The summed E-state index contributed by atoms with van der Waals surface area (Å²) < 4.78 is 0. The summed E-state index contributed by atoms with van der Waals surface area (Å²) in [6.07, 6.45) is 1.93. The van der Waals surface area contributed by atoms with E-state index in [4.69, 9.17) is 0 Å². The molecule has 0 rings (SSSR count). The van der Waals surface area contributed by atoms with Crippen molar-refractivity contribution in [3.63, 3.8) is 0 Å². The first-order valence-electron chi connectivity index (χ1n) is 3.99. The molecular formula is C9H20O. The summed E-state index contributed by atoms with van der Waals surface area (Å²) in [4.78, 5) is 9.74. The quantitative estimate of drug-likeness (QED) is 0.545. The Morgan fingerprint density at radius 1 is 1.20 bits per heavy atom. The summed E-state index contributed by atoms with van der Waals surface area (Å²) in [6.45, 7) is 10.4. The fourth-order valence-corrected chi connectivity index (χ4v) is 0.0962. The van der Waals surface area contributed by atoms with Crippen LogP contribution in [0.4, 0.5) is 0 Å². The molecule has 0 heterocycles. The highest BCUT2D eigenvalue weighted by molar-refractivity contribution is 5.52. The second-order valence-electron chi connectivity index (χ2n) is 3.25. The molecule has 0 aromatic rings. The molecule has 0 amide bonds. The van der Waals surface area contributed by atoms with E-state index in [0.717, 1.165) is 18.6 Å². The van der Waals surface area contributed by atoms with Crippen molar-refractivity contribution in [3.8, 4) is 0 Å². The normalized spacial score (nSPS) is 11.8. The monoisotopic (exact) mass is 144 g/mol. The van der Waals surface area contributed by atoms with Gasteiger partial charge in [0.25, 0.3) is 0 Å². The van der Waals surface area contributed by atoms with E-state index in [2.05, 4.69) is 20.8 Å². The van der Waals surface area contributed by atoms with E-state index in [1.807, 2.05) is 13.8 Å². The van der Waals surface area contributed by atoms with Crippen LogP contribution in [0.15, 0.2) is 0 Å². The number of hydrogen-bond acceptors (Lipinski definition) is 1. The number of carbonyl (C=O) groups excluding carboxylic acids is 1. The van der Waals surface area contributed by atoms with Crippen molar-refractivity contribution in [2.75, 3.05) is 0 Å². The smallest absolute Gasteiger partial charge is 0.122 e. The van der Waals surface area contributed by atoms with Gasteiger partial charge in [-0.3, -0.25) is 0 Å². The van der Waals surface area contributed by atoms with Crippen molar-refractivity contribution in [1.29, 1.82) is 0 Å². The molecule has 0 aromatic carbocycles. The van der Waals surface area contributed by atoms with Gasteiger partial charge in [0.2, 0.25) is 0 Å². The maximum absolute atomic E-state index is 9.74. The number of carbonyl (C=O) groups is 1. The van der Waals surface area contributed by atoms with Gasteiger partial charge in [-0.05, 0) is 12.3 Å². The van der Waals surface area contributed by atoms with E-state index >= 15 is 0 Å². The number of hydrogen-bond donors (Lipinski definition) is 0. The Kier molecular flexibility index (Phi) is 10.7. The van der Waals surface area contributed by atoms with Crippen LogP contribution in [0, 0.1) is 11.8 Å². The standard InChI is InChI=1S/C5H10O.C4H10/c1-3-5(2)4-6;1-4(2)3/h4-5H,3H2,1-2H3;4H,1-3H3. The Balaban J connectivity index is 0. The Hall–Kier alpha value is -0.330. The van der Waals surface area contributed by atoms with Crippen LogP contribution in [0.1, 0.15) is 41.0 Å². The molecule has 0 bridgehead atoms. The van der Waals surface area contributed by atoms with Gasteiger partial charge in [0.1, 0.15) is 6.29 Å². The summed E-state index contributed by atoms with van der Waals surface area (Å²) in [6, 6.07) is 0. The first-order chi connectivity index (χ1) is 4.54. The zero-order valence-electron chi connectivity index (χ0n) is 7.85. The summed E-state index contributed by atoms with van der Waals surface area (Å²) >= 11 is 0. The lowest BCUT2D eigenvalue weighted by Gasteiger charge is -1.89. The predicted octanol–water partition coefficient (Wildman–Crippen LogP) is 2.89. The first-order valence-corrected chi connectivity index (χ1v) is 3.99. The van der Waals surface area contributed by atoms with Crippen LogP contribution in [-0.4, -0.2) is 6.29 Å². The number of aldehydes is 1. The Morgan fingerprint density at radius 2 is 1.50 bits per heavy atom. The van der Waals surface area contributed by atoms with Crippen molar-refractivity contribution in [3.05, 3.63) is 0 Å². The van der Waals surface area contributed by atoms with Crippen LogP contribution in [0.5, 0.6) is 0 Å². The van der Waals surface area contributed by atoms with Gasteiger partial charge in [-0.15, -0.1) is 0 Å². The fraction of sp³-hybridized carbons (Fsp3) is 0.889. The van der Waals surface area contributed by atoms with Gasteiger partial charge in [-0.25, -0.2) is 0 Å². The minimum absolute atomic E-state index is 0.255. The molecule has 0 aliphatic carbocycles. The molecule has 0 saturated carbocycles. The molecule has 0 fully saturated rings. The third kappa shape index (κ3) is 25.3. The van der Waals surface area contributed by atoms with Crippen LogP contribution >= 0.6 is 0 Å². The molecule has 0 saturated heterocycles. The van der Waals surface area contributed by atoms with Gasteiger partial charge in [0.15, 0.2) is 0 Å². The molecule has 1 nitrogen and oxygen atoms in total. The van der Waals surface area contributed by atoms with Gasteiger partial charge >= 0.3 is 0 Å². The molecule has 1 heteroatoms. The second-order valence-corrected chi connectivity index (χ2v) is 3.25. The molecule has 0 radical (unpaired) electrons. The molecule has 1 atom stereocenters. The van der Waals surface area contributed by atoms with Crippen molar-refractivity contribution < 1.29 is 4.79 Å². The zero-order valence-corrected chi connectivity index (χ0v) is 7.85. The van der Waals surface area contributed by atoms with Gasteiger partial charge in [-0.1, -0.05) is 34.6 Å². The molecule has 0 aliphatic heterocycles. The van der Waals surface area contributed by atoms with E-state index in [9.17, 15) is 4.79 Å². The molecule has 1 unspecified atom stereocenters. The van der Waals surface area contributed by atoms with Crippen molar-refractivity contribution in [2.45, 2.75) is 41.0 Å². The third-order valence-electron chi connectivity index (χ3n) is 0.876. The highest BCUT2D eigenvalue weighted by Crippen LogP contribution is 1.91. The van der Waals surface area contributed by atoms with Crippen LogP contribution in [0.2, 0.25) is 0 Å². The second kappa shape index (κ2) is 8.67. The lowest BCUT2D eigenvalue weighted by Crippen LogP contribution is -1.89. The predicted molar refractivity (Wildman–Crippen MR) is 46.0 cm³/mol. The van der Waals surface area contributed by atoms with E-state index in [1.165, 1.54) is 0 Å². The van der Waals surface area contributed by atoms with Crippen molar-refractivity contribution in [1.82, 2.24) is 0 Å². The minimum atomic E-state index is 0.255. The van der Waals surface area contributed by atoms with Crippen molar-refractivity contribution in [2.24, 2.45) is 11.8 Å². The van der Waals surface area contributed by atoms with E-state index < -0.39 is 0 Å². The van der Waals surface area contributed by atoms with Gasteiger partial charge in [0, 0.05) is 5.92 Å². The fourth-order valence-electron chi connectivity index (χ4n) is 0.0962. The van der Waals surface area contributed by atoms with Crippen LogP contribution in [0.3, 0.4) is 0 Å². The average molecular weight is 144 g/mol. The summed E-state index contributed by atoms with van der Waals surface area (Å²) in [5, 5.41) is 0. The Morgan fingerprint density at radius 3 is 1.50 bits per heavy atom. The van der Waals surface area contributed by atoms with Gasteiger partial charge < -0.3 is 4.79 Å². The first kappa shape index (κ1) is 12.4. The largest absolute Gasteiger partial charge is 0.303 e. The summed E-state index contributed by atoms with van der Waals surface area (Å²) in [5.74, 6) is 1.09. The molecule has 0 spiro atoms. The van der Waals surface area contributed by atoms with Crippen LogP contribution < -0.4 is 0 Å². The van der Waals surface area contributed by atoms with Gasteiger partial charge in [0.05, 0.1) is 0 Å². The summed E-state index contributed by atoms with van der Waals surface area (Å²) in [5.41, 5.74) is 0. The topological polar surface area (TPSA) is 17.1 Å². The van der Waals surface area contributed by atoms with E-state index in [1.54, 1.807) is 0 Å². The van der Waals surface area contributed by atoms with Gasteiger partial charge in [-0.2, -0.15) is 0 Å². The highest BCUT2D eigenvalue weighted by Gasteiger charge is 1.89. The molecule has 0 aliphatic rings. The number of rotatable bonds is 2. The zero-order chi connectivity index (χ0) is 8.57. The molecular weight excluding hydrogens is 124 g/mol. The highest BCUT2D eigenvalue weighted by atomic mass is 16.1. The van der Waals surface area contributed by atoms with E-state index in [0.29, 0.717) is 0 Å². The minimum Gasteiger partial charge on any atom is -0.303 e. The van der Waals surface area contributed by atoms with Crippen LogP contribution in [0.25, 0.3) is 0 Å². The molecule has 10 heavy (non-hydrogen) atoms. The Labute approximate surface area is 64.8 Å². The molecule has 0 N–H and O–H groups in total. The van der Waals surface area contributed by atoms with E-state index in [-0.39, 0.29) is 5.92 Å². The van der Waals surface area contributed by atoms with Crippen LogP contribution in [-0.2, 0) is 4.79 Å². The average Bonchev–Trinajstić information content (AvgIpc) is 1.85. The SMILES string of the molecule is CC(C)C.CCC(C)C=O.